The van der Waals surface area contributed by atoms with Gasteiger partial charge in [0.05, 0.1) is 12.5 Å². The fraction of sp³-hybridized carbons (Fsp3) is 0.533. The second kappa shape index (κ2) is 6.46. The van der Waals surface area contributed by atoms with E-state index in [1.54, 1.807) is 0 Å². The third-order valence-corrected chi connectivity index (χ3v) is 4.16. The Kier molecular flexibility index (Phi) is 4.89. The average Bonchev–Trinajstić information content (AvgIpc) is 2.95. The van der Waals surface area contributed by atoms with Gasteiger partial charge in [-0.1, -0.05) is 18.2 Å². The number of hydrogen-bond acceptors (Lipinski definition) is 3. The monoisotopic (exact) mass is 296 g/mol. The zero-order valence-corrected chi connectivity index (χ0v) is 12.5. The van der Waals surface area contributed by atoms with Gasteiger partial charge in [-0.3, -0.25) is 4.79 Å². The number of ether oxygens (including phenoxy) is 1. The quantitative estimate of drug-likeness (QED) is 0.905. The minimum absolute atomic E-state index is 0. The number of benzene rings is 1. The van der Waals surface area contributed by atoms with Crippen LogP contribution in [0.15, 0.2) is 24.3 Å². The number of halogens is 1. The third-order valence-electron chi connectivity index (χ3n) is 4.16. The van der Waals surface area contributed by atoms with Crippen molar-refractivity contribution in [1.82, 2.24) is 10.2 Å². The maximum Gasteiger partial charge on any atom is 0.230 e. The molecule has 0 aliphatic carbocycles. The molecule has 1 amide bonds. The Morgan fingerprint density at radius 2 is 2.15 bits per heavy atom. The van der Waals surface area contributed by atoms with Crippen LogP contribution in [0.4, 0.5) is 0 Å². The Morgan fingerprint density at radius 3 is 2.90 bits per heavy atom. The van der Waals surface area contributed by atoms with Gasteiger partial charge >= 0.3 is 0 Å². The predicted octanol–water partition coefficient (Wildman–Crippen LogP) is 1.79. The minimum atomic E-state index is -0.0273. The summed E-state index contributed by atoms with van der Waals surface area (Å²) in [6.07, 6.45) is 1.84. The average molecular weight is 297 g/mol. The van der Waals surface area contributed by atoms with E-state index in [2.05, 4.69) is 5.32 Å². The van der Waals surface area contributed by atoms with E-state index in [0.29, 0.717) is 12.6 Å². The SMILES string of the molecule is CNC1CCN(C(=O)C2CCOc3ccccc32)C1.Cl. The second-order valence-electron chi connectivity index (χ2n) is 5.29. The van der Waals surface area contributed by atoms with E-state index in [4.69, 9.17) is 4.74 Å². The van der Waals surface area contributed by atoms with Crippen molar-refractivity contribution >= 4 is 18.3 Å². The zero-order valence-electron chi connectivity index (χ0n) is 11.7. The fourth-order valence-corrected chi connectivity index (χ4v) is 3.02. The summed E-state index contributed by atoms with van der Waals surface area (Å²) >= 11 is 0. The molecule has 2 heterocycles. The third kappa shape index (κ3) is 2.76. The summed E-state index contributed by atoms with van der Waals surface area (Å²) < 4.78 is 5.63. The van der Waals surface area contributed by atoms with Crippen LogP contribution >= 0.6 is 12.4 Å². The van der Waals surface area contributed by atoms with Gasteiger partial charge in [0, 0.05) is 24.7 Å². The molecule has 3 rings (SSSR count). The molecular weight excluding hydrogens is 276 g/mol. The van der Waals surface area contributed by atoms with Gasteiger partial charge in [-0.2, -0.15) is 0 Å². The van der Waals surface area contributed by atoms with Crippen molar-refractivity contribution in [1.29, 1.82) is 0 Å². The maximum atomic E-state index is 12.7. The summed E-state index contributed by atoms with van der Waals surface area (Å²) in [6.45, 7) is 2.33. The summed E-state index contributed by atoms with van der Waals surface area (Å²) in [5.41, 5.74) is 1.05. The molecule has 110 valence electrons. The van der Waals surface area contributed by atoms with E-state index in [1.165, 1.54) is 0 Å². The molecular formula is C15H21ClN2O2. The molecule has 0 aromatic heterocycles. The first-order valence-corrected chi connectivity index (χ1v) is 6.97. The molecule has 5 heteroatoms. The number of para-hydroxylation sites is 1. The highest BCUT2D eigenvalue weighted by Gasteiger charge is 2.33. The van der Waals surface area contributed by atoms with E-state index in [-0.39, 0.29) is 24.2 Å². The maximum absolute atomic E-state index is 12.7. The van der Waals surface area contributed by atoms with E-state index in [0.717, 1.165) is 37.2 Å². The lowest BCUT2D eigenvalue weighted by atomic mass is 9.92. The summed E-state index contributed by atoms with van der Waals surface area (Å²) in [4.78, 5) is 14.7. The Morgan fingerprint density at radius 1 is 1.35 bits per heavy atom. The number of rotatable bonds is 2. The van der Waals surface area contributed by atoms with Crippen molar-refractivity contribution in [2.24, 2.45) is 0 Å². The van der Waals surface area contributed by atoms with Crippen molar-refractivity contribution in [3.05, 3.63) is 29.8 Å². The number of likely N-dealkylation sites (tertiary alicyclic amines) is 1. The largest absolute Gasteiger partial charge is 0.493 e. The highest BCUT2D eigenvalue weighted by atomic mass is 35.5. The highest BCUT2D eigenvalue weighted by molar-refractivity contribution is 5.85. The van der Waals surface area contributed by atoms with Crippen LogP contribution in [0.1, 0.15) is 24.3 Å². The molecule has 1 aromatic rings. The van der Waals surface area contributed by atoms with Crippen LogP contribution in [0.3, 0.4) is 0 Å². The molecule has 2 aliphatic heterocycles. The van der Waals surface area contributed by atoms with Gasteiger partial charge in [-0.25, -0.2) is 0 Å². The molecule has 2 atom stereocenters. The Hall–Kier alpha value is -1.26. The van der Waals surface area contributed by atoms with Gasteiger partial charge in [0.15, 0.2) is 0 Å². The summed E-state index contributed by atoms with van der Waals surface area (Å²) in [5, 5.41) is 3.25. The topological polar surface area (TPSA) is 41.6 Å². The summed E-state index contributed by atoms with van der Waals surface area (Å²) in [7, 11) is 1.96. The Labute approximate surface area is 125 Å². The summed E-state index contributed by atoms with van der Waals surface area (Å²) in [6, 6.07) is 8.35. The molecule has 1 aromatic carbocycles. The molecule has 2 unspecified atom stereocenters. The van der Waals surface area contributed by atoms with Gasteiger partial charge < -0.3 is 15.0 Å². The van der Waals surface area contributed by atoms with Crippen molar-refractivity contribution < 1.29 is 9.53 Å². The number of likely N-dealkylation sites (N-methyl/N-ethyl adjacent to an activating group) is 1. The standard InChI is InChI=1S/C15H20N2O2.ClH/c1-16-11-6-8-17(10-11)15(18)13-7-9-19-14-5-3-2-4-12(13)14;/h2-5,11,13,16H,6-10H2,1H3;1H. The van der Waals surface area contributed by atoms with Gasteiger partial charge in [-0.15, -0.1) is 12.4 Å². The van der Waals surface area contributed by atoms with Crippen molar-refractivity contribution in [2.45, 2.75) is 24.8 Å². The van der Waals surface area contributed by atoms with Crippen LogP contribution in [-0.2, 0) is 4.79 Å². The lowest BCUT2D eigenvalue weighted by Crippen LogP contribution is -2.37. The van der Waals surface area contributed by atoms with Gasteiger partial charge in [0.25, 0.3) is 0 Å². The summed E-state index contributed by atoms with van der Waals surface area (Å²) in [5.74, 6) is 1.10. The van der Waals surface area contributed by atoms with Crippen LogP contribution < -0.4 is 10.1 Å². The van der Waals surface area contributed by atoms with Crippen LogP contribution in [-0.4, -0.2) is 43.6 Å². The van der Waals surface area contributed by atoms with Crippen LogP contribution in [0.5, 0.6) is 5.75 Å². The van der Waals surface area contributed by atoms with E-state index in [1.807, 2.05) is 36.2 Å². The van der Waals surface area contributed by atoms with E-state index >= 15 is 0 Å². The number of carbonyl (C=O) groups excluding carboxylic acids is 1. The Bertz CT molecular complexity index is 481. The van der Waals surface area contributed by atoms with E-state index < -0.39 is 0 Å². The van der Waals surface area contributed by atoms with Crippen LogP contribution in [0, 0.1) is 0 Å². The molecule has 0 bridgehead atoms. The first-order valence-electron chi connectivity index (χ1n) is 6.97. The van der Waals surface area contributed by atoms with Crippen LogP contribution in [0.2, 0.25) is 0 Å². The van der Waals surface area contributed by atoms with Crippen molar-refractivity contribution in [3.63, 3.8) is 0 Å². The molecule has 0 spiro atoms. The normalized spacial score (nSPS) is 24.6. The highest BCUT2D eigenvalue weighted by Crippen LogP contribution is 2.35. The first kappa shape index (κ1) is 15.1. The van der Waals surface area contributed by atoms with Gasteiger partial charge in [0.2, 0.25) is 5.91 Å². The molecule has 0 radical (unpaired) electrons. The number of amides is 1. The van der Waals surface area contributed by atoms with Gasteiger partial charge in [0.1, 0.15) is 5.75 Å². The molecule has 1 N–H and O–H groups in total. The predicted molar refractivity (Wildman–Crippen MR) is 80.6 cm³/mol. The van der Waals surface area contributed by atoms with Crippen LogP contribution in [0.25, 0.3) is 0 Å². The zero-order chi connectivity index (χ0) is 13.2. The number of nitrogens with zero attached hydrogens (tertiary/aromatic N) is 1. The molecule has 1 saturated heterocycles. The molecule has 2 aliphatic rings. The molecule has 4 nitrogen and oxygen atoms in total. The van der Waals surface area contributed by atoms with E-state index in [9.17, 15) is 4.79 Å². The number of hydrogen-bond donors (Lipinski definition) is 1. The molecule has 0 saturated carbocycles. The smallest absolute Gasteiger partial charge is 0.230 e. The molecule has 20 heavy (non-hydrogen) atoms. The lowest BCUT2D eigenvalue weighted by Gasteiger charge is -2.28. The van der Waals surface area contributed by atoms with Gasteiger partial charge in [-0.05, 0) is 26.0 Å². The number of fused-ring (bicyclic) bond motifs is 1. The second-order valence-corrected chi connectivity index (χ2v) is 5.29. The Balaban J connectivity index is 0.00000147. The van der Waals surface area contributed by atoms with Crippen molar-refractivity contribution in [3.8, 4) is 5.75 Å². The molecule has 1 fully saturated rings. The fourth-order valence-electron chi connectivity index (χ4n) is 3.02. The lowest BCUT2D eigenvalue weighted by molar-refractivity contribution is -0.132. The minimum Gasteiger partial charge on any atom is -0.493 e. The van der Waals surface area contributed by atoms with Crippen molar-refractivity contribution in [2.75, 3.05) is 26.7 Å². The first-order chi connectivity index (χ1) is 9.29. The number of nitrogens with one attached hydrogen (secondary N) is 1. The number of carbonyl (C=O) groups is 1.